The summed E-state index contributed by atoms with van der Waals surface area (Å²) >= 11 is 3.95. The van der Waals surface area contributed by atoms with E-state index in [2.05, 4.69) is 64.0 Å². The van der Waals surface area contributed by atoms with Crippen molar-refractivity contribution in [1.82, 2.24) is 0 Å². The fourth-order valence-corrected chi connectivity index (χ4v) is 8.15. The SMILES string of the molecule is CCC(C)(C)C1(CC[C@H]2C(OP)CC3OC(C(Br)CCCCCCCC(=O)OP(P)P)CC32)OCO1. The van der Waals surface area contributed by atoms with Crippen molar-refractivity contribution >= 4 is 56.7 Å². The quantitative estimate of drug-likeness (QED) is 0.0965. The second-order valence-corrected chi connectivity index (χ2v) is 18.5. The number of unbranched alkanes of at least 4 members (excludes halogenated alkanes) is 4. The molecule has 11 heteroatoms. The zero-order valence-electron chi connectivity index (χ0n) is 22.2. The second-order valence-electron chi connectivity index (χ2n) is 11.3. The van der Waals surface area contributed by atoms with Gasteiger partial charge in [0.25, 0.3) is 0 Å². The summed E-state index contributed by atoms with van der Waals surface area (Å²) in [4.78, 5) is 12.0. The fourth-order valence-electron chi connectivity index (χ4n) is 6.14. The maximum Gasteiger partial charge on any atom is 0.309 e. The molecule has 0 radical (unpaired) electrons. The van der Waals surface area contributed by atoms with Gasteiger partial charge in [0.2, 0.25) is 0 Å². The van der Waals surface area contributed by atoms with Crippen molar-refractivity contribution < 1.29 is 28.1 Å². The molecule has 9 atom stereocenters. The smallest absolute Gasteiger partial charge is 0.309 e. The topological polar surface area (TPSA) is 63.2 Å². The van der Waals surface area contributed by atoms with Gasteiger partial charge in [0.05, 0.1) is 18.3 Å². The molecule has 3 rings (SSSR count). The van der Waals surface area contributed by atoms with Gasteiger partial charge < -0.3 is 23.3 Å². The van der Waals surface area contributed by atoms with Crippen LogP contribution in [0.25, 0.3) is 0 Å². The van der Waals surface area contributed by atoms with Crippen molar-refractivity contribution in [2.45, 2.75) is 127 Å². The van der Waals surface area contributed by atoms with Gasteiger partial charge in [-0.05, 0) is 43.9 Å². The molecule has 3 fully saturated rings. The summed E-state index contributed by atoms with van der Waals surface area (Å²) < 4.78 is 29.7. The Hall–Kier alpha value is 1.51. The summed E-state index contributed by atoms with van der Waals surface area (Å²) in [6, 6.07) is 0. The van der Waals surface area contributed by atoms with Crippen molar-refractivity contribution in [2.75, 3.05) is 6.79 Å². The van der Waals surface area contributed by atoms with Crippen LogP contribution in [0.1, 0.15) is 97.8 Å². The minimum Gasteiger partial charge on any atom is -0.437 e. The molecular weight excluding hydrogens is 600 g/mol. The number of carbonyl (C=O) groups is 1. The second kappa shape index (κ2) is 14.9. The minimum absolute atomic E-state index is 0.00727. The molecule has 0 amide bonds. The molecule has 0 N–H and O–H groups in total. The largest absolute Gasteiger partial charge is 0.437 e. The molecule has 36 heavy (non-hydrogen) atoms. The summed E-state index contributed by atoms with van der Waals surface area (Å²) in [7, 11) is 6.78. The lowest BCUT2D eigenvalue weighted by molar-refractivity contribution is -0.439. The fraction of sp³-hybridized carbons (Fsp3) is 0.960. The summed E-state index contributed by atoms with van der Waals surface area (Å²) in [6.45, 7) is 7.11. The Morgan fingerprint density at radius 3 is 2.47 bits per heavy atom. The van der Waals surface area contributed by atoms with Crippen LogP contribution >= 0.6 is 50.8 Å². The van der Waals surface area contributed by atoms with Crippen molar-refractivity contribution in [3.05, 3.63) is 0 Å². The number of carbonyl (C=O) groups excluding carboxylic acids is 1. The first kappa shape index (κ1) is 32.0. The Bertz CT molecular complexity index is 695. The number of hydrogen-bond donors (Lipinski definition) is 0. The van der Waals surface area contributed by atoms with Crippen LogP contribution in [0.2, 0.25) is 0 Å². The standard InChI is InChI=1S/C25H47BrO6P4/c1-4-24(2,3)25(28-16-29-25)13-12-17-18-14-22(30-20(18)15-21(17)31-33)19(26)10-8-6-5-7-9-11-23(27)32-36(34)35/h17-22H,4-16,33-35H2,1-3H3/t17-,18?,19?,20?,21?,22?/m1/s1. The van der Waals surface area contributed by atoms with Gasteiger partial charge in [-0.2, -0.15) is 0 Å². The summed E-state index contributed by atoms with van der Waals surface area (Å²) in [6.07, 6.45) is 13.0. The van der Waals surface area contributed by atoms with Gasteiger partial charge in [0, 0.05) is 39.0 Å². The molecule has 0 bridgehead atoms. The average Bonchev–Trinajstić information content (AvgIpc) is 3.35. The number of hydrogen-bond acceptors (Lipinski definition) is 6. The number of halogens is 1. The van der Waals surface area contributed by atoms with E-state index in [9.17, 15) is 4.79 Å². The normalized spacial score (nSPS) is 30.3. The van der Waals surface area contributed by atoms with Crippen LogP contribution in [0.5, 0.6) is 0 Å². The molecule has 0 spiro atoms. The summed E-state index contributed by atoms with van der Waals surface area (Å²) in [5, 5.41) is 0. The summed E-state index contributed by atoms with van der Waals surface area (Å²) in [5.74, 6) is 0.456. The Morgan fingerprint density at radius 2 is 1.86 bits per heavy atom. The van der Waals surface area contributed by atoms with Crippen molar-refractivity contribution in [3.8, 4) is 0 Å². The molecule has 8 unspecified atom stereocenters. The lowest BCUT2D eigenvalue weighted by atomic mass is 9.75. The van der Waals surface area contributed by atoms with Crippen LogP contribution < -0.4 is 0 Å². The molecule has 0 aromatic carbocycles. The van der Waals surface area contributed by atoms with Crippen LogP contribution in [0.3, 0.4) is 0 Å². The van der Waals surface area contributed by atoms with E-state index < -0.39 is 13.3 Å². The van der Waals surface area contributed by atoms with Gasteiger partial charge in [-0.3, -0.25) is 4.79 Å². The first-order valence-electron chi connectivity index (χ1n) is 13.6. The van der Waals surface area contributed by atoms with Crippen molar-refractivity contribution in [3.63, 3.8) is 0 Å². The monoisotopic (exact) mass is 646 g/mol. The molecule has 2 saturated heterocycles. The highest BCUT2D eigenvalue weighted by atomic mass is 79.9. The van der Waals surface area contributed by atoms with E-state index in [0.29, 0.717) is 29.9 Å². The Kier molecular flexibility index (Phi) is 13.3. The van der Waals surface area contributed by atoms with Gasteiger partial charge in [0.1, 0.15) is 7.53 Å². The van der Waals surface area contributed by atoms with Gasteiger partial charge in [-0.25, -0.2) is 0 Å². The summed E-state index contributed by atoms with van der Waals surface area (Å²) in [5.41, 5.74) is -0.00727. The molecular formula is C25H47BrO6P4. The number of alkyl halides is 1. The minimum atomic E-state index is -0.757. The molecule has 0 aromatic rings. The van der Waals surface area contributed by atoms with Crippen LogP contribution in [0, 0.1) is 17.3 Å². The first-order valence-corrected chi connectivity index (χ1v) is 19.4. The third-order valence-electron chi connectivity index (χ3n) is 8.78. The molecule has 0 aromatic heterocycles. The van der Waals surface area contributed by atoms with E-state index in [1.54, 1.807) is 0 Å². The zero-order valence-corrected chi connectivity index (χ0v) is 28.1. The van der Waals surface area contributed by atoms with Crippen molar-refractivity contribution in [1.29, 1.82) is 0 Å². The Morgan fingerprint density at radius 1 is 1.17 bits per heavy atom. The molecule has 6 nitrogen and oxygen atoms in total. The lowest BCUT2D eigenvalue weighted by Crippen LogP contribution is -2.57. The molecule has 1 saturated carbocycles. The van der Waals surface area contributed by atoms with Crippen LogP contribution in [0.15, 0.2) is 0 Å². The van der Waals surface area contributed by atoms with Gasteiger partial charge in [-0.15, -0.1) is 0 Å². The Balaban J connectivity index is 1.38. The highest BCUT2D eigenvalue weighted by Crippen LogP contribution is 2.54. The van der Waals surface area contributed by atoms with Gasteiger partial charge >= 0.3 is 5.97 Å². The predicted octanol–water partition coefficient (Wildman–Crippen LogP) is 7.89. The van der Waals surface area contributed by atoms with Crippen LogP contribution in [-0.4, -0.2) is 41.7 Å². The molecule has 1 aliphatic carbocycles. The van der Waals surface area contributed by atoms with Crippen molar-refractivity contribution in [2.24, 2.45) is 17.3 Å². The van der Waals surface area contributed by atoms with E-state index >= 15 is 0 Å². The molecule has 2 aliphatic heterocycles. The van der Waals surface area contributed by atoms with Crippen LogP contribution in [-0.2, 0) is 28.1 Å². The molecule has 210 valence electrons. The average molecular weight is 647 g/mol. The lowest BCUT2D eigenvalue weighted by Gasteiger charge is -2.52. The predicted molar refractivity (Wildman–Crippen MR) is 160 cm³/mol. The molecule has 3 aliphatic rings. The maximum absolute atomic E-state index is 11.6. The first-order chi connectivity index (χ1) is 17.1. The van der Waals surface area contributed by atoms with Gasteiger partial charge in [-0.1, -0.05) is 80.2 Å². The van der Waals surface area contributed by atoms with E-state index in [1.807, 2.05) is 0 Å². The number of ether oxygens (including phenoxy) is 3. The molecule has 2 heterocycles. The van der Waals surface area contributed by atoms with Crippen LogP contribution in [0.4, 0.5) is 0 Å². The maximum atomic E-state index is 11.6. The van der Waals surface area contributed by atoms with E-state index in [0.717, 1.165) is 57.8 Å². The third kappa shape index (κ3) is 8.27. The number of fused-ring (bicyclic) bond motifs is 1. The highest BCUT2D eigenvalue weighted by molar-refractivity contribution is 9.09. The highest BCUT2D eigenvalue weighted by Gasteiger charge is 2.55. The van der Waals surface area contributed by atoms with E-state index in [-0.39, 0.29) is 29.7 Å². The van der Waals surface area contributed by atoms with Gasteiger partial charge in [0.15, 0.2) is 12.6 Å². The van der Waals surface area contributed by atoms with E-state index in [1.165, 1.54) is 12.8 Å². The third-order valence-corrected chi connectivity index (χ3v) is 11.2. The van der Waals surface area contributed by atoms with E-state index in [4.69, 9.17) is 23.3 Å². The zero-order chi connectivity index (χ0) is 26.3. The number of rotatable bonds is 16. The Labute approximate surface area is 235 Å².